The van der Waals surface area contributed by atoms with Crippen LogP contribution in [0.5, 0.6) is 0 Å². The molecule has 1 aliphatic heterocycles. The molecule has 0 N–H and O–H groups in total. The van der Waals surface area contributed by atoms with E-state index in [1.54, 1.807) is 0 Å². The minimum Gasteiger partial charge on any atom is -0.337 e. The summed E-state index contributed by atoms with van der Waals surface area (Å²) in [5, 5.41) is 4.46. The fourth-order valence-corrected chi connectivity index (χ4v) is 3.42. The number of piperidine rings is 1. The van der Waals surface area contributed by atoms with Crippen LogP contribution >= 0.6 is 15.9 Å². The first-order valence-corrected chi connectivity index (χ1v) is 8.21. The molecule has 112 valence electrons. The van der Waals surface area contributed by atoms with Crippen molar-refractivity contribution in [1.82, 2.24) is 14.7 Å². The summed E-state index contributed by atoms with van der Waals surface area (Å²) in [5.41, 5.74) is 2.07. The Morgan fingerprint density at radius 1 is 1.30 bits per heavy atom. The molecule has 2 rings (SSSR count). The van der Waals surface area contributed by atoms with Gasteiger partial charge in [0, 0.05) is 24.2 Å². The molecule has 1 saturated heterocycles. The SMILES string of the molecule is Cc1nn(CCC(=O)N2[C@H](C)CCC[C@H]2C)c(C)c1Br. The maximum Gasteiger partial charge on any atom is 0.224 e. The predicted molar refractivity (Wildman–Crippen MR) is 83.6 cm³/mol. The lowest BCUT2D eigenvalue weighted by atomic mass is 9.97. The first-order valence-electron chi connectivity index (χ1n) is 7.42. The summed E-state index contributed by atoms with van der Waals surface area (Å²) >= 11 is 3.52. The second kappa shape index (κ2) is 6.29. The molecule has 4 nitrogen and oxygen atoms in total. The number of aromatic nitrogens is 2. The monoisotopic (exact) mass is 341 g/mol. The summed E-state index contributed by atoms with van der Waals surface area (Å²) in [5.74, 6) is 0.258. The summed E-state index contributed by atoms with van der Waals surface area (Å²) in [6.07, 6.45) is 4.02. The van der Waals surface area contributed by atoms with Crippen LogP contribution in [0.4, 0.5) is 0 Å². The van der Waals surface area contributed by atoms with Crippen LogP contribution in [0.2, 0.25) is 0 Å². The predicted octanol–water partition coefficient (Wildman–Crippen LogP) is 3.44. The fourth-order valence-electron chi connectivity index (χ4n) is 3.14. The molecule has 1 fully saturated rings. The zero-order chi connectivity index (χ0) is 14.9. The van der Waals surface area contributed by atoms with E-state index in [0.29, 0.717) is 25.0 Å². The molecule has 0 radical (unpaired) electrons. The number of likely N-dealkylation sites (tertiary alicyclic amines) is 1. The van der Waals surface area contributed by atoms with Gasteiger partial charge < -0.3 is 4.90 Å². The summed E-state index contributed by atoms with van der Waals surface area (Å²) < 4.78 is 2.97. The van der Waals surface area contributed by atoms with Crippen molar-refractivity contribution in [2.75, 3.05) is 0 Å². The van der Waals surface area contributed by atoms with Crippen molar-refractivity contribution in [1.29, 1.82) is 0 Å². The van der Waals surface area contributed by atoms with E-state index in [9.17, 15) is 4.79 Å². The number of halogens is 1. The van der Waals surface area contributed by atoms with Crippen LogP contribution in [0.1, 0.15) is 50.9 Å². The van der Waals surface area contributed by atoms with Crippen molar-refractivity contribution in [2.45, 2.75) is 72.0 Å². The topological polar surface area (TPSA) is 38.1 Å². The Hall–Kier alpha value is -0.840. The molecule has 0 aromatic carbocycles. The molecule has 1 aromatic heterocycles. The third kappa shape index (κ3) is 3.08. The molecule has 2 atom stereocenters. The van der Waals surface area contributed by atoms with Crippen molar-refractivity contribution in [3.63, 3.8) is 0 Å². The van der Waals surface area contributed by atoms with Gasteiger partial charge in [-0.05, 0) is 62.9 Å². The molecule has 0 aliphatic carbocycles. The van der Waals surface area contributed by atoms with Crippen LogP contribution in [-0.4, -0.2) is 32.7 Å². The lowest BCUT2D eigenvalue weighted by Gasteiger charge is -2.39. The molecule has 0 spiro atoms. The van der Waals surface area contributed by atoms with E-state index in [1.807, 2.05) is 18.5 Å². The van der Waals surface area contributed by atoms with Crippen molar-refractivity contribution < 1.29 is 4.79 Å². The van der Waals surface area contributed by atoms with Gasteiger partial charge in [-0.15, -0.1) is 0 Å². The summed E-state index contributed by atoms with van der Waals surface area (Å²) in [6.45, 7) is 8.98. The Kier molecular flexibility index (Phi) is 4.89. The number of hydrogen-bond acceptors (Lipinski definition) is 2. The quantitative estimate of drug-likeness (QED) is 0.844. The maximum atomic E-state index is 12.5. The summed E-state index contributed by atoms with van der Waals surface area (Å²) in [4.78, 5) is 14.5. The molecule has 0 saturated carbocycles. The van der Waals surface area contributed by atoms with Crippen LogP contribution in [0, 0.1) is 13.8 Å². The Balaban J connectivity index is 1.99. The molecule has 0 unspecified atom stereocenters. The number of nitrogens with zero attached hydrogens (tertiary/aromatic N) is 3. The highest BCUT2D eigenvalue weighted by Gasteiger charge is 2.28. The highest BCUT2D eigenvalue weighted by molar-refractivity contribution is 9.10. The van der Waals surface area contributed by atoms with Gasteiger partial charge in [0.05, 0.1) is 16.7 Å². The standard InChI is InChI=1S/C15H24BrN3O/c1-10-6-5-7-11(2)19(10)14(20)8-9-18-13(4)15(16)12(3)17-18/h10-11H,5-9H2,1-4H3/t10-,11-/m1/s1. The molecular formula is C15H24BrN3O. The number of rotatable bonds is 3. The summed E-state index contributed by atoms with van der Waals surface area (Å²) in [7, 11) is 0. The van der Waals surface area contributed by atoms with Gasteiger partial charge in [-0.2, -0.15) is 5.10 Å². The number of aryl methyl sites for hydroxylation is 2. The van der Waals surface area contributed by atoms with Crippen molar-refractivity contribution in [3.8, 4) is 0 Å². The normalized spacial score (nSPS) is 23.1. The van der Waals surface area contributed by atoms with E-state index in [0.717, 1.165) is 28.7 Å². The van der Waals surface area contributed by atoms with Gasteiger partial charge >= 0.3 is 0 Å². The molecule has 1 aliphatic rings. The fraction of sp³-hybridized carbons (Fsp3) is 0.733. The molecule has 1 aromatic rings. The minimum absolute atomic E-state index is 0.258. The summed E-state index contributed by atoms with van der Waals surface area (Å²) in [6, 6.07) is 0.747. The molecular weight excluding hydrogens is 318 g/mol. The van der Waals surface area contributed by atoms with Gasteiger partial charge in [0.25, 0.3) is 0 Å². The van der Waals surface area contributed by atoms with Crippen LogP contribution in [-0.2, 0) is 11.3 Å². The highest BCUT2D eigenvalue weighted by Crippen LogP contribution is 2.24. The van der Waals surface area contributed by atoms with Gasteiger partial charge in [-0.3, -0.25) is 9.48 Å². The molecule has 5 heteroatoms. The van der Waals surface area contributed by atoms with Gasteiger partial charge in [0.15, 0.2) is 0 Å². The van der Waals surface area contributed by atoms with Gasteiger partial charge in [0.2, 0.25) is 5.91 Å². The van der Waals surface area contributed by atoms with Crippen molar-refractivity contribution in [3.05, 3.63) is 15.9 Å². The molecule has 1 amide bonds. The lowest BCUT2D eigenvalue weighted by molar-refractivity contribution is -0.137. The third-order valence-electron chi connectivity index (χ3n) is 4.31. The van der Waals surface area contributed by atoms with Crippen LogP contribution in [0.15, 0.2) is 4.47 Å². The zero-order valence-electron chi connectivity index (χ0n) is 12.8. The molecule has 20 heavy (non-hydrogen) atoms. The number of carbonyl (C=O) groups excluding carboxylic acids is 1. The van der Waals surface area contributed by atoms with E-state index in [1.165, 1.54) is 6.42 Å². The van der Waals surface area contributed by atoms with Crippen LogP contribution in [0.3, 0.4) is 0 Å². The average Bonchev–Trinajstić information content (AvgIpc) is 2.63. The van der Waals surface area contributed by atoms with Crippen molar-refractivity contribution >= 4 is 21.8 Å². The van der Waals surface area contributed by atoms with E-state index in [2.05, 4.69) is 39.8 Å². The molecule has 2 heterocycles. The minimum atomic E-state index is 0.258. The van der Waals surface area contributed by atoms with Gasteiger partial charge in [0.1, 0.15) is 0 Å². The Morgan fingerprint density at radius 3 is 2.40 bits per heavy atom. The smallest absolute Gasteiger partial charge is 0.224 e. The van der Waals surface area contributed by atoms with E-state index in [4.69, 9.17) is 0 Å². The molecule has 0 bridgehead atoms. The Bertz CT molecular complexity index is 488. The van der Waals surface area contributed by atoms with E-state index >= 15 is 0 Å². The van der Waals surface area contributed by atoms with Crippen LogP contribution < -0.4 is 0 Å². The van der Waals surface area contributed by atoms with Crippen molar-refractivity contribution in [2.24, 2.45) is 0 Å². The first-order chi connectivity index (χ1) is 9.41. The Labute approximate surface area is 129 Å². The third-order valence-corrected chi connectivity index (χ3v) is 5.46. The van der Waals surface area contributed by atoms with E-state index in [-0.39, 0.29) is 5.91 Å². The second-order valence-corrected chi connectivity index (χ2v) is 6.68. The average molecular weight is 342 g/mol. The lowest BCUT2D eigenvalue weighted by Crippen LogP contribution is -2.47. The second-order valence-electron chi connectivity index (χ2n) is 5.89. The van der Waals surface area contributed by atoms with Gasteiger partial charge in [-0.25, -0.2) is 0 Å². The highest BCUT2D eigenvalue weighted by atomic mass is 79.9. The maximum absolute atomic E-state index is 12.5. The first kappa shape index (κ1) is 15.5. The number of carbonyl (C=O) groups is 1. The van der Waals surface area contributed by atoms with E-state index < -0.39 is 0 Å². The number of hydrogen-bond donors (Lipinski definition) is 0. The zero-order valence-corrected chi connectivity index (χ0v) is 14.4. The number of amides is 1. The largest absolute Gasteiger partial charge is 0.337 e. The van der Waals surface area contributed by atoms with Crippen LogP contribution in [0.25, 0.3) is 0 Å². The Morgan fingerprint density at radius 2 is 1.90 bits per heavy atom. The van der Waals surface area contributed by atoms with Gasteiger partial charge in [-0.1, -0.05) is 0 Å².